The van der Waals surface area contributed by atoms with Crippen LogP contribution in [0.3, 0.4) is 0 Å². The van der Waals surface area contributed by atoms with Crippen LogP contribution < -0.4 is 10.6 Å². The van der Waals surface area contributed by atoms with Gasteiger partial charge < -0.3 is 10.6 Å². The molecular weight excluding hydrogens is 449 g/mol. The average Bonchev–Trinajstić information content (AvgIpc) is 2.40. The van der Waals surface area contributed by atoms with Crippen molar-refractivity contribution in [1.82, 2.24) is 10.6 Å². The highest BCUT2D eigenvalue weighted by atomic mass is 127. The van der Waals surface area contributed by atoms with Gasteiger partial charge in [-0.15, -0.1) is 24.0 Å². The molecule has 0 heterocycles. The van der Waals surface area contributed by atoms with Gasteiger partial charge in [-0.05, 0) is 25.5 Å². The van der Waals surface area contributed by atoms with Gasteiger partial charge in [0, 0.05) is 23.7 Å². The van der Waals surface area contributed by atoms with Crippen LogP contribution in [0.2, 0.25) is 5.02 Å². The summed E-state index contributed by atoms with van der Waals surface area (Å²) in [7, 11) is 0. The molecule has 0 spiro atoms. The Labute approximate surface area is 154 Å². The van der Waals surface area contributed by atoms with Crippen molar-refractivity contribution < 1.29 is 17.6 Å². The Morgan fingerprint density at radius 1 is 1.26 bits per heavy atom. The highest BCUT2D eigenvalue weighted by Gasteiger charge is 2.26. The molecule has 0 amide bonds. The van der Waals surface area contributed by atoms with E-state index in [1.165, 1.54) is 12.1 Å². The number of benzene rings is 1. The van der Waals surface area contributed by atoms with E-state index < -0.39 is 18.4 Å². The van der Waals surface area contributed by atoms with E-state index in [-0.39, 0.29) is 36.5 Å². The molecule has 0 radical (unpaired) electrons. The number of nitrogens with zero attached hydrogens (tertiary/aromatic N) is 1. The van der Waals surface area contributed by atoms with E-state index in [4.69, 9.17) is 11.6 Å². The quantitative estimate of drug-likeness (QED) is 0.285. The fourth-order valence-electron chi connectivity index (χ4n) is 1.71. The predicted octanol–water partition coefficient (Wildman–Crippen LogP) is 4.15. The molecule has 0 aliphatic carbocycles. The Kier molecular flexibility index (Phi) is 10.5. The zero-order valence-corrected chi connectivity index (χ0v) is 15.6. The van der Waals surface area contributed by atoms with Crippen LogP contribution in [0.25, 0.3) is 0 Å². The van der Waals surface area contributed by atoms with E-state index in [1.807, 2.05) is 0 Å². The van der Waals surface area contributed by atoms with Gasteiger partial charge >= 0.3 is 6.18 Å². The summed E-state index contributed by atoms with van der Waals surface area (Å²) in [6, 6.07) is 4.41. The molecule has 1 aromatic rings. The van der Waals surface area contributed by atoms with E-state index in [2.05, 4.69) is 15.6 Å². The second-order valence-corrected chi connectivity index (χ2v) is 4.91. The molecule has 3 nitrogen and oxygen atoms in total. The molecule has 0 fully saturated rings. The second-order valence-electron chi connectivity index (χ2n) is 4.50. The van der Waals surface area contributed by atoms with Crippen molar-refractivity contribution in [3.05, 3.63) is 34.6 Å². The van der Waals surface area contributed by atoms with Crippen molar-refractivity contribution in [2.75, 3.05) is 19.6 Å². The zero-order chi connectivity index (χ0) is 16.6. The number of halogens is 6. The van der Waals surface area contributed by atoms with Crippen LogP contribution in [-0.2, 0) is 6.42 Å². The number of hydrogen-bond donors (Lipinski definition) is 2. The standard InChI is InChI=1S/C14H18ClF4N3.HI/c1-2-20-13(22-9-7-14(17,18)19)21-8-6-10-11(15)4-3-5-12(10)16;/h3-5H,2,6-9H2,1H3,(H2,20,21,22);1H. The summed E-state index contributed by atoms with van der Waals surface area (Å²) in [6.45, 7) is 2.25. The molecule has 2 N–H and O–H groups in total. The summed E-state index contributed by atoms with van der Waals surface area (Å²) in [5.74, 6) is -0.146. The highest BCUT2D eigenvalue weighted by Crippen LogP contribution is 2.19. The molecule has 0 unspecified atom stereocenters. The maximum atomic E-state index is 13.6. The summed E-state index contributed by atoms with van der Waals surface area (Å²) < 4.78 is 49.8. The van der Waals surface area contributed by atoms with Gasteiger partial charge in [-0.25, -0.2) is 4.39 Å². The fraction of sp³-hybridized carbons (Fsp3) is 0.500. The van der Waals surface area contributed by atoms with E-state index in [0.717, 1.165) is 0 Å². The summed E-state index contributed by atoms with van der Waals surface area (Å²) in [6.07, 6.45) is -4.92. The summed E-state index contributed by atoms with van der Waals surface area (Å²) in [5.41, 5.74) is 0.364. The van der Waals surface area contributed by atoms with Crippen LogP contribution in [0, 0.1) is 5.82 Å². The smallest absolute Gasteiger partial charge is 0.357 e. The van der Waals surface area contributed by atoms with Crippen molar-refractivity contribution in [2.24, 2.45) is 4.99 Å². The number of hydrogen-bond acceptors (Lipinski definition) is 1. The van der Waals surface area contributed by atoms with Gasteiger partial charge in [0.1, 0.15) is 5.82 Å². The molecule has 132 valence electrons. The number of rotatable bonds is 6. The summed E-state index contributed by atoms with van der Waals surface area (Å²) in [4.78, 5) is 3.82. The van der Waals surface area contributed by atoms with E-state index in [9.17, 15) is 17.6 Å². The first kappa shape index (κ1) is 22.2. The largest absolute Gasteiger partial charge is 0.390 e. The number of nitrogens with one attached hydrogen (secondary N) is 2. The zero-order valence-electron chi connectivity index (χ0n) is 12.5. The Hall–Kier alpha value is -0.770. The van der Waals surface area contributed by atoms with E-state index in [0.29, 0.717) is 30.1 Å². The third-order valence-corrected chi connectivity index (χ3v) is 3.09. The molecule has 0 aromatic heterocycles. The van der Waals surface area contributed by atoms with Crippen molar-refractivity contribution >= 4 is 41.5 Å². The molecule has 9 heteroatoms. The number of aliphatic imine (C=N–C) groups is 1. The predicted molar refractivity (Wildman–Crippen MR) is 95.2 cm³/mol. The van der Waals surface area contributed by atoms with Crippen LogP contribution in [-0.4, -0.2) is 31.8 Å². The SMILES string of the molecule is CCNC(=NCCC(F)(F)F)NCCc1c(F)cccc1Cl.I. The van der Waals surface area contributed by atoms with Crippen LogP contribution in [0.4, 0.5) is 17.6 Å². The Bertz CT molecular complexity index is 489. The molecule has 0 aliphatic rings. The molecular formula is C14H19ClF4IN3. The first-order valence-corrected chi connectivity index (χ1v) is 7.23. The molecule has 1 aromatic carbocycles. The normalized spacial score (nSPS) is 11.8. The Balaban J connectivity index is 0.00000484. The summed E-state index contributed by atoms with van der Waals surface area (Å²) >= 11 is 5.90. The van der Waals surface area contributed by atoms with E-state index >= 15 is 0 Å². The van der Waals surface area contributed by atoms with Crippen LogP contribution in [0.15, 0.2) is 23.2 Å². The molecule has 1 rings (SSSR count). The van der Waals surface area contributed by atoms with E-state index in [1.54, 1.807) is 13.0 Å². The minimum Gasteiger partial charge on any atom is -0.357 e. The van der Waals surface area contributed by atoms with Gasteiger partial charge in [-0.3, -0.25) is 4.99 Å². The highest BCUT2D eigenvalue weighted by molar-refractivity contribution is 14.0. The summed E-state index contributed by atoms with van der Waals surface area (Å²) in [5, 5.41) is 6.01. The van der Waals surface area contributed by atoms with Crippen molar-refractivity contribution in [3.8, 4) is 0 Å². The Morgan fingerprint density at radius 3 is 2.52 bits per heavy atom. The van der Waals surface area contributed by atoms with Crippen molar-refractivity contribution in [3.63, 3.8) is 0 Å². The van der Waals surface area contributed by atoms with Crippen LogP contribution in [0.1, 0.15) is 18.9 Å². The fourth-order valence-corrected chi connectivity index (χ4v) is 1.97. The third kappa shape index (κ3) is 9.19. The number of guanidine groups is 1. The minimum atomic E-state index is -4.23. The number of alkyl halides is 3. The molecule has 0 saturated carbocycles. The van der Waals surface area contributed by atoms with Gasteiger partial charge in [0.25, 0.3) is 0 Å². The molecule has 0 saturated heterocycles. The van der Waals surface area contributed by atoms with Crippen LogP contribution >= 0.6 is 35.6 Å². The topological polar surface area (TPSA) is 36.4 Å². The maximum absolute atomic E-state index is 13.6. The van der Waals surface area contributed by atoms with Gasteiger partial charge in [0.05, 0.1) is 13.0 Å². The van der Waals surface area contributed by atoms with Crippen molar-refractivity contribution in [2.45, 2.75) is 25.9 Å². The monoisotopic (exact) mass is 467 g/mol. The van der Waals surface area contributed by atoms with Gasteiger partial charge in [-0.2, -0.15) is 13.2 Å². The average molecular weight is 468 g/mol. The lowest BCUT2D eigenvalue weighted by molar-refractivity contribution is -0.132. The lowest BCUT2D eigenvalue weighted by atomic mass is 10.1. The second kappa shape index (κ2) is 10.9. The first-order valence-electron chi connectivity index (χ1n) is 6.85. The van der Waals surface area contributed by atoms with Crippen molar-refractivity contribution in [1.29, 1.82) is 0 Å². The van der Waals surface area contributed by atoms with Crippen LogP contribution in [0.5, 0.6) is 0 Å². The molecule has 23 heavy (non-hydrogen) atoms. The Morgan fingerprint density at radius 2 is 1.96 bits per heavy atom. The lowest BCUT2D eigenvalue weighted by Crippen LogP contribution is -2.38. The molecule has 0 bridgehead atoms. The van der Waals surface area contributed by atoms with Gasteiger partial charge in [0.2, 0.25) is 0 Å². The minimum absolute atomic E-state index is 0. The third-order valence-electron chi connectivity index (χ3n) is 2.74. The maximum Gasteiger partial charge on any atom is 0.390 e. The molecule has 0 aliphatic heterocycles. The first-order chi connectivity index (χ1) is 10.3. The van der Waals surface area contributed by atoms with Gasteiger partial charge in [-0.1, -0.05) is 17.7 Å². The van der Waals surface area contributed by atoms with Gasteiger partial charge in [0.15, 0.2) is 5.96 Å². The lowest BCUT2D eigenvalue weighted by Gasteiger charge is -2.12. The molecule has 0 atom stereocenters.